The molecule has 1 amide bonds. The van der Waals surface area contributed by atoms with E-state index in [0.29, 0.717) is 40.5 Å². The number of carbonyl (C=O) groups is 1. The minimum Gasteiger partial charge on any atom is -0.507 e. The van der Waals surface area contributed by atoms with Gasteiger partial charge in [0.05, 0.1) is 40.9 Å². The highest BCUT2D eigenvalue weighted by Crippen LogP contribution is 2.34. The lowest BCUT2D eigenvalue weighted by Crippen LogP contribution is -2.36. The number of anilines is 2. The average Bonchev–Trinajstić information content (AvgIpc) is 3.32. The van der Waals surface area contributed by atoms with Gasteiger partial charge in [-0.2, -0.15) is 0 Å². The summed E-state index contributed by atoms with van der Waals surface area (Å²) >= 11 is 7.80. The number of nitrogens with one attached hydrogen (secondary N) is 1. The number of thioether (sulfide) groups is 1. The van der Waals surface area contributed by atoms with Crippen LogP contribution in [0.1, 0.15) is 11.1 Å². The van der Waals surface area contributed by atoms with E-state index >= 15 is 0 Å². The number of aryl methyl sites for hydroxylation is 2. The Morgan fingerprint density at radius 2 is 1.82 bits per heavy atom. The lowest BCUT2D eigenvalue weighted by molar-refractivity contribution is -0.113. The van der Waals surface area contributed by atoms with Gasteiger partial charge in [0.15, 0.2) is 11.0 Å². The van der Waals surface area contributed by atoms with Crippen molar-refractivity contribution < 1.29 is 14.6 Å². The summed E-state index contributed by atoms with van der Waals surface area (Å²) in [5.41, 5.74) is 5.17. The molecule has 0 spiro atoms. The largest absolute Gasteiger partial charge is 0.507 e. The van der Waals surface area contributed by atoms with Crippen LogP contribution < -0.4 is 10.2 Å². The summed E-state index contributed by atoms with van der Waals surface area (Å²) in [6.45, 7) is 6.96. The number of rotatable bonds is 7. The van der Waals surface area contributed by atoms with Crippen LogP contribution >= 0.6 is 23.4 Å². The number of halogens is 1. The molecular weight excluding hydrogens is 522 g/mol. The Balaban J connectivity index is 1.35. The first-order valence-corrected chi connectivity index (χ1v) is 13.6. The molecule has 1 fully saturated rings. The van der Waals surface area contributed by atoms with Crippen molar-refractivity contribution in [2.75, 3.05) is 42.3 Å². The summed E-state index contributed by atoms with van der Waals surface area (Å²) in [5.74, 6) is 0.539. The molecule has 4 aromatic rings. The monoisotopic (exact) mass is 549 g/mol. The van der Waals surface area contributed by atoms with Crippen LogP contribution in [0, 0.1) is 13.8 Å². The van der Waals surface area contributed by atoms with E-state index in [1.807, 2.05) is 48.7 Å². The summed E-state index contributed by atoms with van der Waals surface area (Å²) < 4.78 is 7.30. The maximum Gasteiger partial charge on any atom is 0.234 e. The van der Waals surface area contributed by atoms with Gasteiger partial charge in [0.2, 0.25) is 5.91 Å². The van der Waals surface area contributed by atoms with Crippen LogP contribution in [0.4, 0.5) is 11.4 Å². The SMILES string of the molecule is Cc1ccc(-n2c(SCC(=O)Nc3ccc(N4CCOCC4)c(Cl)c3)nnc2-c2ccccc2O)c(C)c1. The molecule has 3 aromatic carbocycles. The molecule has 1 aliphatic heterocycles. The van der Waals surface area contributed by atoms with Crippen molar-refractivity contribution in [1.82, 2.24) is 14.8 Å². The summed E-state index contributed by atoms with van der Waals surface area (Å²) in [5, 5.41) is 23.3. The molecule has 196 valence electrons. The summed E-state index contributed by atoms with van der Waals surface area (Å²) in [4.78, 5) is 15.1. The minimum absolute atomic E-state index is 0.109. The van der Waals surface area contributed by atoms with Crippen LogP contribution in [-0.2, 0) is 9.53 Å². The van der Waals surface area contributed by atoms with Crippen molar-refractivity contribution in [3.8, 4) is 22.8 Å². The molecule has 0 aliphatic carbocycles. The Kier molecular flexibility index (Phi) is 7.87. The number of para-hydroxylation sites is 1. The maximum absolute atomic E-state index is 12.9. The van der Waals surface area contributed by atoms with E-state index in [9.17, 15) is 9.90 Å². The van der Waals surface area contributed by atoms with E-state index in [4.69, 9.17) is 16.3 Å². The number of benzene rings is 3. The third-order valence-electron chi connectivity index (χ3n) is 6.29. The Labute approximate surface area is 230 Å². The smallest absolute Gasteiger partial charge is 0.234 e. The molecule has 0 bridgehead atoms. The molecule has 2 heterocycles. The van der Waals surface area contributed by atoms with Crippen molar-refractivity contribution >= 4 is 40.6 Å². The van der Waals surface area contributed by atoms with Gasteiger partial charge in [-0.15, -0.1) is 10.2 Å². The van der Waals surface area contributed by atoms with Crippen molar-refractivity contribution in [3.05, 3.63) is 76.8 Å². The van der Waals surface area contributed by atoms with Crippen LogP contribution in [0.2, 0.25) is 5.02 Å². The van der Waals surface area contributed by atoms with Gasteiger partial charge >= 0.3 is 0 Å². The highest BCUT2D eigenvalue weighted by Gasteiger charge is 2.21. The second kappa shape index (κ2) is 11.5. The lowest BCUT2D eigenvalue weighted by Gasteiger charge is -2.29. The van der Waals surface area contributed by atoms with Crippen molar-refractivity contribution in [2.24, 2.45) is 0 Å². The number of hydrogen-bond donors (Lipinski definition) is 2. The minimum atomic E-state index is -0.190. The quantitative estimate of drug-likeness (QED) is 0.295. The highest BCUT2D eigenvalue weighted by atomic mass is 35.5. The van der Waals surface area contributed by atoms with E-state index in [-0.39, 0.29) is 17.4 Å². The first-order chi connectivity index (χ1) is 18.4. The van der Waals surface area contributed by atoms with Crippen molar-refractivity contribution in [3.63, 3.8) is 0 Å². The molecule has 10 heteroatoms. The third kappa shape index (κ3) is 5.65. The fourth-order valence-electron chi connectivity index (χ4n) is 4.45. The molecule has 0 radical (unpaired) electrons. The number of hydrogen-bond acceptors (Lipinski definition) is 7. The van der Waals surface area contributed by atoms with E-state index in [1.54, 1.807) is 24.3 Å². The van der Waals surface area contributed by atoms with E-state index < -0.39 is 0 Å². The van der Waals surface area contributed by atoms with Crippen LogP contribution in [-0.4, -0.2) is 57.8 Å². The highest BCUT2D eigenvalue weighted by molar-refractivity contribution is 7.99. The zero-order valence-corrected chi connectivity index (χ0v) is 22.7. The molecule has 8 nitrogen and oxygen atoms in total. The summed E-state index contributed by atoms with van der Waals surface area (Å²) in [6, 6.07) is 18.7. The summed E-state index contributed by atoms with van der Waals surface area (Å²) in [7, 11) is 0. The number of phenolic OH excluding ortho intramolecular Hbond substituents is 1. The van der Waals surface area contributed by atoms with Crippen LogP contribution in [0.5, 0.6) is 5.75 Å². The van der Waals surface area contributed by atoms with E-state index in [1.165, 1.54) is 11.8 Å². The van der Waals surface area contributed by atoms with Crippen LogP contribution in [0.25, 0.3) is 17.1 Å². The molecule has 0 saturated carbocycles. The molecule has 0 unspecified atom stereocenters. The van der Waals surface area contributed by atoms with Gasteiger partial charge in [0.25, 0.3) is 0 Å². The Bertz CT molecular complexity index is 1470. The van der Waals surface area contributed by atoms with Crippen LogP contribution in [0.3, 0.4) is 0 Å². The second-order valence-corrected chi connectivity index (χ2v) is 10.4. The number of morpholine rings is 1. The zero-order valence-electron chi connectivity index (χ0n) is 21.1. The second-order valence-electron chi connectivity index (χ2n) is 9.05. The number of amides is 1. The van der Waals surface area contributed by atoms with Gasteiger partial charge in [0, 0.05) is 18.8 Å². The van der Waals surface area contributed by atoms with Gasteiger partial charge in [-0.05, 0) is 55.8 Å². The fraction of sp³-hybridized carbons (Fsp3) is 0.250. The molecule has 1 aliphatic rings. The van der Waals surface area contributed by atoms with E-state index in [0.717, 1.165) is 35.6 Å². The third-order valence-corrected chi connectivity index (χ3v) is 7.52. The molecule has 5 rings (SSSR count). The molecule has 1 saturated heterocycles. The van der Waals surface area contributed by atoms with Crippen LogP contribution in [0.15, 0.2) is 65.8 Å². The van der Waals surface area contributed by atoms with Crippen molar-refractivity contribution in [1.29, 1.82) is 0 Å². The summed E-state index contributed by atoms with van der Waals surface area (Å²) in [6.07, 6.45) is 0. The number of ether oxygens (including phenoxy) is 1. The molecule has 0 atom stereocenters. The van der Waals surface area contributed by atoms with Gasteiger partial charge in [-0.3, -0.25) is 9.36 Å². The normalized spacial score (nSPS) is 13.5. The predicted octanol–water partition coefficient (Wildman–Crippen LogP) is 5.48. The number of nitrogens with zero attached hydrogens (tertiary/aromatic N) is 4. The van der Waals surface area contributed by atoms with Gasteiger partial charge in [0.1, 0.15) is 5.75 Å². The van der Waals surface area contributed by atoms with Gasteiger partial charge < -0.3 is 20.1 Å². The molecule has 38 heavy (non-hydrogen) atoms. The van der Waals surface area contributed by atoms with Gasteiger partial charge in [-0.25, -0.2) is 0 Å². The topological polar surface area (TPSA) is 92.5 Å². The van der Waals surface area contributed by atoms with Gasteiger partial charge in [-0.1, -0.05) is 53.2 Å². The maximum atomic E-state index is 12.9. The fourth-order valence-corrected chi connectivity index (χ4v) is 5.49. The zero-order chi connectivity index (χ0) is 26.6. The first kappa shape index (κ1) is 26.1. The molecular formula is C28H28ClN5O3S. The van der Waals surface area contributed by atoms with Crippen molar-refractivity contribution in [2.45, 2.75) is 19.0 Å². The number of carbonyl (C=O) groups excluding carboxylic acids is 1. The lowest BCUT2D eigenvalue weighted by atomic mass is 10.1. The Morgan fingerprint density at radius 1 is 1.05 bits per heavy atom. The van der Waals surface area contributed by atoms with E-state index in [2.05, 4.69) is 26.5 Å². The predicted molar refractivity (Wildman–Crippen MR) is 152 cm³/mol. The number of aromatic hydroxyl groups is 1. The molecule has 1 aromatic heterocycles. The average molecular weight is 550 g/mol. The number of phenols is 1. The standard InChI is InChI=1S/C28H28ClN5O3S/c1-18-7-9-23(19(2)15-18)34-27(21-5-3-4-6-25(21)35)31-32-28(34)38-17-26(36)30-20-8-10-24(22(29)16-20)33-11-13-37-14-12-33/h3-10,15-16,35H,11-14,17H2,1-2H3,(H,30,36). The Morgan fingerprint density at radius 3 is 2.55 bits per heavy atom. The molecule has 2 N–H and O–H groups in total. The Hall–Kier alpha value is -3.53. The number of aromatic nitrogens is 3. The first-order valence-electron chi connectivity index (χ1n) is 12.3.